The highest BCUT2D eigenvalue weighted by molar-refractivity contribution is 4.67. The van der Waals surface area contributed by atoms with E-state index < -0.39 is 10.7 Å². The zero-order chi connectivity index (χ0) is 5.15. The summed E-state index contributed by atoms with van der Waals surface area (Å²) in [6.07, 6.45) is 0. The van der Waals surface area contributed by atoms with E-state index in [1.165, 1.54) is 0 Å². The molecule has 34 valence electrons. The van der Waals surface area contributed by atoms with Crippen LogP contribution in [0.5, 0.6) is 0 Å². The van der Waals surface area contributed by atoms with E-state index in [1.807, 2.05) is 0 Å². The summed E-state index contributed by atoms with van der Waals surface area (Å²) in [5.41, 5.74) is 4.54. The van der Waals surface area contributed by atoms with Gasteiger partial charge in [-0.05, 0) is 11.5 Å². The summed E-state index contributed by atoms with van der Waals surface area (Å²) in [5.74, 6) is -0.519. The molecule has 0 aromatic heterocycles. The molecule has 4 nitrogen and oxygen atoms in total. The first-order valence-electron chi connectivity index (χ1n) is 1.23. The molecule has 2 N–H and O–H groups in total. The molecule has 0 atom stereocenters. The van der Waals surface area contributed by atoms with E-state index in [2.05, 4.69) is 12.3 Å². The molecule has 0 amide bonds. The van der Waals surface area contributed by atoms with Gasteiger partial charge in [-0.25, -0.2) is 0 Å². The third-order valence-corrected chi connectivity index (χ3v) is 0.235. The Labute approximate surface area is 34.4 Å². The minimum Gasteiger partial charge on any atom is -0.358 e. The van der Waals surface area contributed by atoms with Gasteiger partial charge in [0.1, 0.15) is 0 Å². The van der Waals surface area contributed by atoms with Crippen molar-refractivity contribution >= 4 is 0 Å². The molecule has 0 heterocycles. The third kappa shape index (κ3) is 1.28. The molecule has 0 radical (unpaired) electrons. The molecule has 0 spiro atoms. The van der Waals surface area contributed by atoms with Gasteiger partial charge in [-0.3, -0.25) is 5.73 Å². The quantitative estimate of drug-likeness (QED) is 0.353. The van der Waals surface area contributed by atoms with E-state index in [9.17, 15) is 10.1 Å². The van der Waals surface area contributed by atoms with Gasteiger partial charge in [0.25, 0.3) is 0 Å². The van der Waals surface area contributed by atoms with Crippen molar-refractivity contribution in [1.29, 1.82) is 0 Å². The van der Waals surface area contributed by atoms with Crippen molar-refractivity contribution in [3.63, 3.8) is 0 Å². The van der Waals surface area contributed by atoms with Gasteiger partial charge in [-0.2, -0.15) is 0 Å². The van der Waals surface area contributed by atoms with Crippen LogP contribution < -0.4 is 5.73 Å². The summed E-state index contributed by atoms with van der Waals surface area (Å²) in [4.78, 5) is 8.53. The van der Waals surface area contributed by atoms with Gasteiger partial charge >= 0.3 is 5.82 Å². The van der Waals surface area contributed by atoms with Gasteiger partial charge in [0.2, 0.25) is 0 Å². The zero-order valence-corrected chi connectivity index (χ0v) is 3.05. The second-order valence-corrected chi connectivity index (χ2v) is 0.748. The summed E-state index contributed by atoms with van der Waals surface area (Å²) >= 11 is 0. The van der Waals surface area contributed by atoms with E-state index in [4.69, 9.17) is 0 Å². The lowest BCUT2D eigenvalue weighted by Gasteiger charge is -1.84. The lowest BCUT2D eigenvalue weighted by molar-refractivity contribution is -0.425. The fraction of sp³-hybridized carbons (Fsp3) is 0. The molecule has 0 aliphatic rings. The van der Waals surface area contributed by atoms with Crippen LogP contribution in [0.4, 0.5) is 0 Å². The largest absolute Gasteiger partial charge is 0.358 e. The molecule has 0 bridgehead atoms. The predicted octanol–water partition coefficient (Wildman–Crippen LogP) is -0.307. The Morgan fingerprint density at radius 3 is 2.17 bits per heavy atom. The molecule has 0 rings (SSSR count). The first kappa shape index (κ1) is 4.94. The SMILES string of the molecule is C=C(N)[N+](=O)[O-]. The Bertz CT molecular complexity index is 75.5. The van der Waals surface area contributed by atoms with Gasteiger partial charge in [0.15, 0.2) is 0 Å². The van der Waals surface area contributed by atoms with Crippen LogP contribution in [0, 0.1) is 10.1 Å². The molecule has 0 unspecified atom stereocenters. The minimum absolute atomic E-state index is 0.519. The highest BCUT2D eigenvalue weighted by atomic mass is 16.6. The number of nitrogens with zero attached hydrogens (tertiary/aromatic N) is 1. The number of nitro groups is 1. The van der Waals surface area contributed by atoms with Crippen LogP contribution in [0.2, 0.25) is 0 Å². The Kier molecular flexibility index (Phi) is 1.15. The second-order valence-electron chi connectivity index (χ2n) is 0.748. The van der Waals surface area contributed by atoms with Gasteiger partial charge < -0.3 is 10.1 Å². The van der Waals surface area contributed by atoms with Gasteiger partial charge in [-0.15, -0.1) is 0 Å². The van der Waals surface area contributed by atoms with Crippen molar-refractivity contribution < 1.29 is 4.92 Å². The molecule has 0 aliphatic heterocycles. The lowest BCUT2D eigenvalue weighted by Crippen LogP contribution is -2.05. The van der Waals surface area contributed by atoms with Crippen molar-refractivity contribution in [2.45, 2.75) is 0 Å². The van der Waals surface area contributed by atoms with Gasteiger partial charge in [0, 0.05) is 0 Å². The van der Waals surface area contributed by atoms with Crippen molar-refractivity contribution in [1.82, 2.24) is 0 Å². The Hall–Kier alpha value is -1.06. The maximum Gasteiger partial charge on any atom is 0.306 e. The summed E-state index contributed by atoms with van der Waals surface area (Å²) in [6.45, 7) is 2.83. The number of nitrogens with two attached hydrogens (primary N) is 1. The van der Waals surface area contributed by atoms with Crippen LogP contribution in [-0.2, 0) is 0 Å². The van der Waals surface area contributed by atoms with Crippen molar-refractivity contribution in [2.24, 2.45) is 5.73 Å². The van der Waals surface area contributed by atoms with Gasteiger partial charge in [0.05, 0.1) is 0 Å². The molecular weight excluding hydrogens is 84.0 g/mol. The Balaban J connectivity index is 3.57. The van der Waals surface area contributed by atoms with E-state index >= 15 is 0 Å². The van der Waals surface area contributed by atoms with Crippen molar-refractivity contribution in [3.8, 4) is 0 Å². The standard InChI is InChI=1S/C2H4N2O2/c1-2(3)4(5)6/h1,3H2. The van der Waals surface area contributed by atoms with Gasteiger partial charge in [-0.1, -0.05) is 0 Å². The first-order valence-corrected chi connectivity index (χ1v) is 1.23. The van der Waals surface area contributed by atoms with Crippen molar-refractivity contribution in [3.05, 3.63) is 22.5 Å². The number of rotatable bonds is 1. The summed E-state index contributed by atoms with van der Waals surface area (Å²) in [5, 5.41) is 9.28. The molecule has 4 heteroatoms. The molecule has 0 aromatic rings. The molecule has 0 aromatic carbocycles. The maximum atomic E-state index is 9.28. The highest BCUT2D eigenvalue weighted by Crippen LogP contribution is 1.71. The summed E-state index contributed by atoms with van der Waals surface area (Å²) < 4.78 is 0. The van der Waals surface area contributed by atoms with E-state index in [0.29, 0.717) is 0 Å². The average molecular weight is 88.1 g/mol. The normalized spacial score (nSPS) is 7.33. The van der Waals surface area contributed by atoms with E-state index in [0.717, 1.165) is 0 Å². The Morgan fingerprint density at radius 2 is 2.17 bits per heavy atom. The van der Waals surface area contributed by atoms with E-state index in [1.54, 1.807) is 0 Å². The average Bonchev–Trinajstić information content (AvgIpc) is 1.36. The summed E-state index contributed by atoms with van der Waals surface area (Å²) in [7, 11) is 0. The first-order chi connectivity index (χ1) is 2.64. The van der Waals surface area contributed by atoms with Crippen LogP contribution in [0.15, 0.2) is 12.4 Å². The predicted molar refractivity (Wildman–Crippen MR) is 20.3 cm³/mol. The van der Waals surface area contributed by atoms with Crippen molar-refractivity contribution in [2.75, 3.05) is 0 Å². The fourth-order valence-electron chi connectivity index (χ4n) is 0. The third-order valence-electron chi connectivity index (χ3n) is 0.235. The van der Waals surface area contributed by atoms with E-state index in [-0.39, 0.29) is 0 Å². The topological polar surface area (TPSA) is 69.2 Å². The van der Waals surface area contributed by atoms with Crippen LogP contribution in [0.1, 0.15) is 0 Å². The number of hydrogen-bond acceptors (Lipinski definition) is 3. The molecule has 0 saturated carbocycles. The van der Waals surface area contributed by atoms with Crippen LogP contribution in [0.3, 0.4) is 0 Å². The maximum absolute atomic E-state index is 9.28. The second kappa shape index (κ2) is 1.40. The molecule has 6 heavy (non-hydrogen) atoms. The smallest absolute Gasteiger partial charge is 0.306 e. The minimum atomic E-state index is -0.750. The number of hydrogen-bond donors (Lipinski definition) is 1. The Morgan fingerprint density at radius 1 is 2.00 bits per heavy atom. The molecule has 0 saturated heterocycles. The molecular formula is C2H4N2O2. The van der Waals surface area contributed by atoms with Crippen LogP contribution in [0.25, 0.3) is 0 Å². The summed E-state index contributed by atoms with van der Waals surface area (Å²) in [6, 6.07) is 0. The molecule has 0 aliphatic carbocycles. The van der Waals surface area contributed by atoms with Crippen LogP contribution >= 0.6 is 0 Å². The monoisotopic (exact) mass is 88.0 g/mol. The fourth-order valence-corrected chi connectivity index (χ4v) is 0. The molecule has 0 fully saturated rings. The van der Waals surface area contributed by atoms with Crippen LogP contribution in [-0.4, -0.2) is 4.92 Å². The highest BCUT2D eigenvalue weighted by Gasteiger charge is 1.86. The lowest BCUT2D eigenvalue weighted by atomic mass is 10.9. The zero-order valence-electron chi connectivity index (χ0n) is 3.05.